The summed E-state index contributed by atoms with van der Waals surface area (Å²) >= 11 is 1.98. The molecular weight excluding hydrogens is 196 g/mol. The molecule has 0 spiro atoms. The number of rotatable bonds is 2. The van der Waals surface area contributed by atoms with Gasteiger partial charge in [-0.3, -0.25) is 10.1 Å². The largest absolute Gasteiger partial charge is 0.324 e. The van der Waals surface area contributed by atoms with Crippen molar-refractivity contribution in [2.45, 2.75) is 44.0 Å². The van der Waals surface area contributed by atoms with Crippen molar-refractivity contribution in [1.82, 2.24) is 10.2 Å². The van der Waals surface area contributed by atoms with Crippen LogP contribution in [0.5, 0.6) is 0 Å². The van der Waals surface area contributed by atoms with E-state index in [9.17, 15) is 4.79 Å². The molecular formula is C10H18N2OS. The van der Waals surface area contributed by atoms with Crippen molar-refractivity contribution in [3.63, 3.8) is 0 Å². The summed E-state index contributed by atoms with van der Waals surface area (Å²) < 4.78 is 0. The lowest BCUT2D eigenvalue weighted by Crippen LogP contribution is -2.41. The lowest BCUT2D eigenvalue weighted by atomic mass is 10.1. The Kier molecular flexibility index (Phi) is 3.02. The average molecular weight is 214 g/mol. The van der Waals surface area contributed by atoms with Gasteiger partial charge in [-0.1, -0.05) is 13.8 Å². The molecule has 2 saturated heterocycles. The number of hydrogen-bond donors (Lipinski definition) is 1. The van der Waals surface area contributed by atoms with Gasteiger partial charge in [0.15, 0.2) is 0 Å². The zero-order valence-electron chi connectivity index (χ0n) is 8.82. The molecule has 0 bridgehead atoms. The van der Waals surface area contributed by atoms with Gasteiger partial charge in [0.1, 0.15) is 0 Å². The first kappa shape index (κ1) is 10.3. The minimum atomic E-state index is 0.0767. The number of carbonyl (C=O) groups is 1. The van der Waals surface area contributed by atoms with Gasteiger partial charge in [0, 0.05) is 11.3 Å². The number of amides is 1. The summed E-state index contributed by atoms with van der Waals surface area (Å²) in [6.07, 6.45) is 2.07. The van der Waals surface area contributed by atoms with E-state index < -0.39 is 0 Å². The molecule has 0 radical (unpaired) electrons. The molecule has 0 aromatic rings. The zero-order chi connectivity index (χ0) is 10.1. The van der Waals surface area contributed by atoms with Crippen molar-refractivity contribution in [2.24, 2.45) is 0 Å². The van der Waals surface area contributed by atoms with Crippen LogP contribution in [0.4, 0.5) is 0 Å². The molecule has 0 saturated carbocycles. The van der Waals surface area contributed by atoms with E-state index in [1.165, 1.54) is 5.75 Å². The van der Waals surface area contributed by atoms with E-state index in [1.807, 2.05) is 16.7 Å². The summed E-state index contributed by atoms with van der Waals surface area (Å²) in [6, 6.07) is 0.546. The number of carbonyl (C=O) groups excluding carboxylic acids is 1. The smallest absolute Gasteiger partial charge is 0.241 e. The monoisotopic (exact) mass is 214 g/mol. The van der Waals surface area contributed by atoms with E-state index in [0.717, 1.165) is 19.5 Å². The maximum Gasteiger partial charge on any atom is 0.241 e. The third-order valence-electron chi connectivity index (χ3n) is 3.23. The summed E-state index contributed by atoms with van der Waals surface area (Å²) in [5.41, 5.74) is 0. The molecule has 4 heteroatoms. The number of hydrogen-bond acceptors (Lipinski definition) is 3. The van der Waals surface area contributed by atoms with Crippen molar-refractivity contribution in [3.05, 3.63) is 0 Å². The minimum absolute atomic E-state index is 0.0767. The Hall–Kier alpha value is -0.220. The first-order valence-electron chi connectivity index (χ1n) is 5.39. The summed E-state index contributed by atoms with van der Waals surface area (Å²) in [5.74, 6) is 1.51. The van der Waals surface area contributed by atoms with Crippen LogP contribution in [0.1, 0.15) is 26.7 Å². The normalized spacial score (nSPS) is 38.3. The molecule has 0 aromatic heterocycles. The van der Waals surface area contributed by atoms with Crippen molar-refractivity contribution in [2.75, 3.05) is 12.4 Å². The molecule has 1 N–H and O–H groups in total. The molecule has 3 nitrogen and oxygen atoms in total. The highest BCUT2D eigenvalue weighted by molar-refractivity contribution is 8.00. The standard InChI is InChI=1S/C10H18N2OS/c1-3-8-10(13)12(6-11-8)9-4-5-14-7(9)2/h7-9,11H,3-6H2,1-2H3. The van der Waals surface area contributed by atoms with Crippen molar-refractivity contribution in [3.8, 4) is 0 Å². The minimum Gasteiger partial charge on any atom is -0.324 e. The number of nitrogens with zero attached hydrogens (tertiary/aromatic N) is 1. The quantitative estimate of drug-likeness (QED) is 0.745. The van der Waals surface area contributed by atoms with Crippen molar-refractivity contribution >= 4 is 17.7 Å². The van der Waals surface area contributed by atoms with E-state index in [2.05, 4.69) is 19.2 Å². The van der Waals surface area contributed by atoms with Gasteiger partial charge in [-0.15, -0.1) is 0 Å². The fourth-order valence-corrected chi connectivity index (χ4v) is 3.56. The maximum atomic E-state index is 11.9. The Balaban J connectivity index is 2.02. The predicted molar refractivity (Wildman–Crippen MR) is 59.3 cm³/mol. The van der Waals surface area contributed by atoms with Crippen LogP contribution in [0.3, 0.4) is 0 Å². The lowest BCUT2D eigenvalue weighted by molar-refractivity contribution is -0.130. The third kappa shape index (κ3) is 1.65. The Morgan fingerprint density at radius 3 is 2.93 bits per heavy atom. The predicted octanol–water partition coefficient (Wildman–Crippen LogP) is 1.05. The summed E-state index contributed by atoms with van der Waals surface area (Å²) in [4.78, 5) is 14.0. The molecule has 2 heterocycles. The van der Waals surface area contributed by atoms with E-state index in [4.69, 9.17) is 0 Å². The average Bonchev–Trinajstić information content (AvgIpc) is 2.72. The Labute approximate surface area is 89.6 Å². The molecule has 2 rings (SSSR count). The third-order valence-corrected chi connectivity index (χ3v) is 4.55. The zero-order valence-corrected chi connectivity index (χ0v) is 9.64. The van der Waals surface area contributed by atoms with E-state index in [1.54, 1.807) is 0 Å². The molecule has 2 fully saturated rings. The second-order valence-electron chi connectivity index (χ2n) is 4.06. The summed E-state index contributed by atoms with van der Waals surface area (Å²) in [5, 5.41) is 3.88. The SMILES string of the molecule is CCC1NCN(C2CCSC2C)C1=O. The lowest BCUT2D eigenvalue weighted by Gasteiger charge is -2.26. The molecule has 0 aromatic carbocycles. The molecule has 14 heavy (non-hydrogen) atoms. The van der Waals surface area contributed by atoms with Gasteiger partial charge in [0.25, 0.3) is 0 Å². The number of thioether (sulfide) groups is 1. The fourth-order valence-electron chi connectivity index (χ4n) is 2.30. The van der Waals surface area contributed by atoms with E-state index >= 15 is 0 Å². The summed E-state index contributed by atoms with van der Waals surface area (Å²) in [6.45, 7) is 5.05. The van der Waals surface area contributed by atoms with Crippen LogP contribution in [0.15, 0.2) is 0 Å². The van der Waals surface area contributed by atoms with Gasteiger partial charge < -0.3 is 4.90 Å². The van der Waals surface area contributed by atoms with E-state index in [-0.39, 0.29) is 6.04 Å². The molecule has 3 atom stereocenters. The van der Waals surface area contributed by atoms with Crippen LogP contribution < -0.4 is 5.32 Å². The van der Waals surface area contributed by atoms with Gasteiger partial charge in [-0.2, -0.15) is 11.8 Å². The van der Waals surface area contributed by atoms with Crippen molar-refractivity contribution < 1.29 is 4.79 Å². The second kappa shape index (κ2) is 4.11. The Morgan fingerprint density at radius 1 is 1.64 bits per heavy atom. The van der Waals surface area contributed by atoms with Crippen molar-refractivity contribution in [1.29, 1.82) is 0 Å². The molecule has 80 valence electrons. The van der Waals surface area contributed by atoms with Crippen LogP contribution in [0, 0.1) is 0 Å². The van der Waals surface area contributed by atoms with Crippen LogP contribution in [0.2, 0.25) is 0 Å². The van der Waals surface area contributed by atoms with Crippen LogP contribution in [-0.2, 0) is 4.79 Å². The first-order valence-corrected chi connectivity index (χ1v) is 6.44. The van der Waals surface area contributed by atoms with Gasteiger partial charge in [-0.05, 0) is 18.6 Å². The highest BCUT2D eigenvalue weighted by atomic mass is 32.2. The summed E-state index contributed by atoms with van der Waals surface area (Å²) in [7, 11) is 0. The van der Waals surface area contributed by atoms with Crippen LogP contribution in [0.25, 0.3) is 0 Å². The molecule has 2 aliphatic heterocycles. The molecule has 3 unspecified atom stereocenters. The highest BCUT2D eigenvalue weighted by Gasteiger charge is 2.38. The molecule has 1 amide bonds. The Morgan fingerprint density at radius 2 is 2.43 bits per heavy atom. The molecule has 2 aliphatic rings. The van der Waals surface area contributed by atoms with Crippen LogP contribution in [-0.4, -0.2) is 40.6 Å². The topological polar surface area (TPSA) is 32.3 Å². The van der Waals surface area contributed by atoms with Crippen LogP contribution >= 0.6 is 11.8 Å². The van der Waals surface area contributed by atoms with Gasteiger partial charge >= 0.3 is 0 Å². The number of nitrogens with one attached hydrogen (secondary N) is 1. The van der Waals surface area contributed by atoms with E-state index in [0.29, 0.717) is 17.2 Å². The Bertz CT molecular complexity index is 234. The maximum absolute atomic E-state index is 11.9. The fraction of sp³-hybridized carbons (Fsp3) is 0.900. The van der Waals surface area contributed by atoms with Gasteiger partial charge in [0.05, 0.1) is 12.7 Å². The highest BCUT2D eigenvalue weighted by Crippen LogP contribution is 2.31. The molecule has 0 aliphatic carbocycles. The van der Waals surface area contributed by atoms with Gasteiger partial charge in [0.2, 0.25) is 5.91 Å². The first-order chi connectivity index (χ1) is 6.74. The van der Waals surface area contributed by atoms with Gasteiger partial charge in [-0.25, -0.2) is 0 Å². The second-order valence-corrected chi connectivity index (χ2v) is 5.55.